The van der Waals surface area contributed by atoms with Gasteiger partial charge in [0.25, 0.3) is 11.8 Å². The highest BCUT2D eigenvalue weighted by atomic mass is 32.2. The van der Waals surface area contributed by atoms with Gasteiger partial charge in [0.2, 0.25) is 0 Å². The van der Waals surface area contributed by atoms with E-state index in [1.54, 1.807) is 43.2 Å². The van der Waals surface area contributed by atoms with Crippen LogP contribution >= 0.6 is 11.8 Å². The van der Waals surface area contributed by atoms with E-state index >= 15 is 0 Å². The van der Waals surface area contributed by atoms with Crippen molar-refractivity contribution in [3.05, 3.63) is 65.4 Å². The molecule has 0 saturated heterocycles. The zero-order chi connectivity index (χ0) is 18.5. The smallest absolute Gasteiger partial charge is 0.273 e. The van der Waals surface area contributed by atoms with Crippen LogP contribution in [0.1, 0.15) is 32.0 Å². The molecule has 0 aliphatic rings. The Hall–Kier alpha value is -3.07. The number of aromatic nitrogens is 3. The van der Waals surface area contributed by atoms with Crippen molar-refractivity contribution >= 4 is 23.6 Å². The molecule has 2 N–H and O–H groups in total. The van der Waals surface area contributed by atoms with Crippen molar-refractivity contribution in [1.82, 2.24) is 25.6 Å². The van der Waals surface area contributed by atoms with E-state index < -0.39 is 11.8 Å². The number of rotatable bonds is 5. The molecule has 9 heteroatoms. The van der Waals surface area contributed by atoms with Crippen LogP contribution in [-0.2, 0) is 12.8 Å². The number of hydrazine groups is 1. The minimum absolute atomic E-state index is 0.376. The molecular weight excluding hydrogens is 354 g/mol. The van der Waals surface area contributed by atoms with Crippen LogP contribution < -0.4 is 10.9 Å². The van der Waals surface area contributed by atoms with Crippen molar-refractivity contribution < 1.29 is 14.0 Å². The lowest BCUT2D eigenvalue weighted by atomic mass is 10.1. The zero-order valence-corrected chi connectivity index (χ0v) is 15.0. The van der Waals surface area contributed by atoms with Crippen molar-refractivity contribution in [3.63, 3.8) is 0 Å². The van der Waals surface area contributed by atoms with Crippen LogP contribution in [0.3, 0.4) is 0 Å². The van der Waals surface area contributed by atoms with Gasteiger partial charge in [0.05, 0.1) is 11.8 Å². The van der Waals surface area contributed by atoms with Gasteiger partial charge in [-0.25, -0.2) is 0 Å². The molecule has 1 aromatic carbocycles. The summed E-state index contributed by atoms with van der Waals surface area (Å²) in [5.74, 6) is 0.375. The second kappa shape index (κ2) is 7.87. The number of hydrogen-bond donors (Lipinski definition) is 2. The van der Waals surface area contributed by atoms with E-state index in [1.165, 1.54) is 6.26 Å². The van der Waals surface area contributed by atoms with Crippen LogP contribution in [0.25, 0.3) is 0 Å². The van der Waals surface area contributed by atoms with Crippen LogP contribution in [0.2, 0.25) is 0 Å². The average molecular weight is 371 g/mol. The lowest BCUT2D eigenvalue weighted by molar-refractivity contribution is 0.0845. The lowest BCUT2D eigenvalue weighted by Crippen LogP contribution is -2.41. The third kappa shape index (κ3) is 4.12. The van der Waals surface area contributed by atoms with Crippen molar-refractivity contribution in [1.29, 1.82) is 0 Å². The second-order valence-corrected chi connectivity index (χ2v) is 6.45. The molecule has 3 rings (SSSR count). The molecule has 0 unspecified atom stereocenters. The summed E-state index contributed by atoms with van der Waals surface area (Å²) in [4.78, 5) is 24.1. The van der Waals surface area contributed by atoms with Crippen LogP contribution in [0.15, 0.2) is 52.5 Å². The van der Waals surface area contributed by atoms with Gasteiger partial charge >= 0.3 is 0 Å². The van der Waals surface area contributed by atoms with E-state index in [0.29, 0.717) is 22.6 Å². The van der Waals surface area contributed by atoms with E-state index in [-0.39, 0.29) is 0 Å². The van der Waals surface area contributed by atoms with Gasteiger partial charge < -0.3 is 8.98 Å². The molecule has 2 amide bonds. The molecule has 8 nitrogen and oxygen atoms in total. The Morgan fingerprint density at radius 3 is 2.50 bits per heavy atom. The third-order valence-electron chi connectivity index (χ3n) is 3.65. The molecule has 0 saturated carbocycles. The van der Waals surface area contributed by atoms with Gasteiger partial charge in [-0.15, -0.1) is 10.2 Å². The molecule has 3 aromatic rings. The second-order valence-electron chi connectivity index (χ2n) is 5.51. The van der Waals surface area contributed by atoms with Gasteiger partial charge in [0, 0.05) is 18.4 Å². The highest BCUT2D eigenvalue weighted by molar-refractivity contribution is 7.98. The molecule has 0 spiro atoms. The first-order valence-corrected chi connectivity index (χ1v) is 8.73. The first-order valence-electron chi connectivity index (χ1n) is 7.75. The monoisotopic (exact) mass is 371 g/mol. The topological polar surface area (TPSA) is 102 Å². The molecule has 0 aliphatic carbocycles. The van der Waals surface area contributed by atoms with Crippen LogP contribution in [0.4, 0.5) is 0 Å². The summed E-state index contributed by atoms with van der Waals surface area (Å²) in [6.45, 7) is 1.68. The Bertz CT molecular complexity index is 917. The molecule has 0 atom stereocenters. The first kappa shape index (κ1) is 17.7. The molecule has 134 valence electrons. The average Bonchev–Trinajstić information content (AvgIpc) is 3.26. The van der Waals surface area contributed by atoms with Gasteiger partial charge in [-0.05, 0) is 30.7 Å². The first-order chi connectivity index (χ1) is 12.5. The largest absolute Gasteiger partial charge is 0.469 e. The van der Waals surface area contributed by atoms with Crippen molar-refractivity contribution in [2.75, 3.05) is 0 Å². The predicted octanol–water partition coefficient (Wildman–Crippen LogP) is 2.08. The van der Waals surface area contributed by atoms with E-state index in [2.05, 4.69) is 21.0 Å². The van der Waals surface area contributed by atoms with Gasteiger partial charge in [-0.2, -0.15) is 0 Å². The van der Waals surface area contributed by atoms with E-state index in [1.807, 2.05) is 23.7 Å². The summed E-state index contributed by atoms with van der Waals surface area (Å²) in [5, 5.41) is 8.66. The Morgan fingerprint density at radius 1 is 1.15 bits per heavy atom. The number of carbonyl (C=O) groups excluding carboxylic acids is 2. The molecule has 0 radical (unpaired) electrons. The number of amides is 2. The number of aryl methyl sites for hydroxylation is 2. The van der Waals surface area contributed by atoms with Crippen molar-refractivity contribution in [2.24, 2.45) is 7.05 Å². The van der Waals surface area contributed by atoms with Crippen LogP contribution in [-0.4, -0.2) is 26.6 Å². The number of thioether (sulfide) groups is 1. The van der Waals surface area contributed by atoms with Gasteiger partial charge in [-0.3, -0.25) is 20.4 Å². The predicted molar refractivity (Wildman–Crippen MR) is 95.4 cm³/mol. The fourth-order valence-corrected chi connectivity index (χ4v) is 3.02. The number of hydrogen-bond acceptors (Lipinski definition) is 6. The number of furan rings is 1. The molecule has 0 bridgehead atoms. The Labute approximate surface area is 154 Å². The Balaban J connectivity index is 1.53. The summed E-state index contributed by atoms with van der Waals surface area (Å²) >= 11 is 1.56. The van der Waals surface area contributed by atoms with Gasteiger partial charge in [-0.1, -0.05) is 23.9 Å². The number of carbonyl (C=O) groups is 2. The summed E-state index contributed by atoms with van der Waals surface area (Å²) in [6, 6.07) is 8.68. The lowest BCUT2D eigenvalue weighted by Gasteiger charge is -2.07. The van der Waals surface area contributed by atoms with E-state index in [9.17, 15) is 9.59 Å². The maximum absolute atomic E-state index is 12.1. The Kier molecular flexibility index (Phi) is 5.37. The zero-order valence-electron chi connectivity index (χ0n) is 14.2. The SMILES string of the molecule is Cc1occc1C(=O)NNC(=O)c1ccc(CSc2nncn2C)cc1. The normalized spacial score (nSPS) is 10.5. The standard InChI is InChI=1S/C17H17N5O3S/c1-11-14(7-8-25-11)16(24)20-19-15(23)13-5-3-12(4-6-13)9-26-17-21-18-10-22(17)2/h3-8,10H,9H2,1-2H3,(H,19,23)(H,20,24). The van der Waals surface area contributed by atoms with Crippen LogP contribution in [0.5, 0.6) is 0 Å². The molecular formula is C17H17N5O3S. The van der Waals surface area contributed by atoms with Crippen molar-refractivity contribution in [2.45, 2.75) is 17.8 Å². The summed E-state index contributed by atoms with van der Waals surface area (Å²) in [6.07, 6.45) is 3.07. The molecule has 26 heavy (non-hydrogen) atoms. The highest BCUT2D eigenvalue weighted by Gasteiger charge is 2.13. The molecule has 2 heterocycles. The third-order valence-corrected chi connectivity index (χ3v) is 4.75. The quantitative estimate of drug-likeness (QED) is 0.526. The fourth-order valence-electron chi connectivity index (χ4n) is 2.18. The number of nitrogens with zero attached hydrogens (tertiary/aromatic N) is 3. The molecule has 2 aromatic heterocycles. The number of nitrogens with one attached hydrogen (secondary N) is 2. The Morgan fingerprint density at radius 2 is 1.88 bits per heavy atom. The minimum atomic E-state index is -0.429. The summed E-state index contributed by atoms with van der Waals surface area (Å²) in [5.41, 5.74) is 6.63. The molecule has 0 fully saturated rings. The van der Waals surface area contributed by atoms with E-state index in [4.69, 9.17) is 4.42 Å². The minimum Gasteiger partial charge on any atom is -0.469 e. The van der Waals surface area contributed by atoms with Crippen molar-refractivity contribution in [3.8, 4) is 0 Å². The van der Waals surface area contributed by atoms with Crippen LogP contribution in [0, 0.1) is 6.92 Å². The number of benzene rings is 1. The fraction of sp³-hybridized carbons (Fsp3) is 0.176. The van der Waals surface area contributed by atoms with Gasteiger partial charge in [0.1, 0.15) is 12.1 Å². The maximum atomic E-state index is 12.1. The van der Waals surface area contributed by atoms with Gasteiger partial charge in [0.15, 0.2) is 5.16 Å². The maximum Gasteiger partial charge on any atom is 0.273 e. The molecule has 0 aliphatic heterocycles. The summed E-state index contributed by atoms with van der Waals surface area (Å²) in [7, 11) is 1.88. The van der Waals surface area contributed by atoms with E-state index in [0.717, 1.165) is 10.7 Å². The summed E-state index contributed by atoms with van der Waals surface area (Å²) < 4.78 is 6.91. The highest BCUT2D eigenvalue weighted by Crippen LogP contribution is 2.20.